The first-order chi connectivity index (χ1) is 8.22. The second-order valence-corrected chi connectivity index (χ2v) is 6.76. The van der Waals surface area contributed by atoms with Crippen molar-refractivity contribution in [1.82, 2.24) is 0 Å². The van der Waals surface area contributed by atoms with Gasteiger partial charge in [0, 0.05) is 0 Å². The average Bonchev–Trinajstić information content (AvgIpc) is 2.13. The minimum Gasteiger partial charge on any atom is -0.383 e. The molecule has 8 heteroatoms. The molecule has 0 fully saturated rings. The van der Waals surface area contributed by atoms with E-state index in [1.807, 2.05) is 0 Å². The zero-order valence-corrected chi connectivity index (χ0v) is 11.6. The van der Waals surface area contributed by atoms with Gasteiger partial charge in [-0.25, -0.2) is 0 Å². The molecule has 1 rings (SSSR count). The Hall–Kier alpha value is -1.12. The molecular formula is C10H14O6S2. The van der Waals surface area contributed by atoms with E-state index in [9.17, 15) is 16.8 Å². The van der Waals surface area contributed by atoms with Crippen LogP contribution < -0.4 is 4.18 Å². The van der Waals surface area contributed by atoms with Crippen LogP contribution in [-0.2, 0) is 30.2 Å². The van der Waals surface area contributed by atoms with Crippen LogP contribution in [0.3, 0.4) is 0 Å². The molecule has 1 aromatic carbocycles. The lowest BCUT2D eigenvalue weighted by molar-refractivity contribution is 0.337. The Balaban J connectivity index is 2.90. The van der Waals surface area contributed by atoms with Gasteiger partial charge in [0.15, 0.2) is 0 Å². The van der Waals surface area contributed by atoms with E-state index in [2.05, 4.69) is 8.37 Å². The fraction of sp³-hybridized carbons (Fsp3) is 0.400. The molecule has 0 bridgehead atoms. The van der Waals surface area contributed by atoms with E-state index in [4.69, 9.17) is 0 Å². The number of benzene rings is 1. The highest BCUT2D eigenvalue weighted by Crippen LogP contribution is 2.17. The topological polar surface area (TPSA) is 86.7 Å². The first-order valence-corrected chi connectivity index (χ1v) is 8.47. The van der Waals surface area contributed by atoms with Crippen molar-refractivity contribution in [3.05, 3.63) is 29.8 Å². The van der Waals surface area contributed by atoms with E-state index >= 15 is 0 Å². The fourth-order valence-corrected chi connectivity index (χ4v) is 2.77. The third kappa shape index (κ3) is 5.48. The molecule has 18 heavy (non-hydrogen) atoms. The maximum absolute atomic E-state index is 11.4. The fourth-order valence-electron chi connectivity index (χ4n) is 1.29. The summed E-state index contributed by atoms with van der Waals surface area (Å²) in [7, 11) is -7.28. The molecule has 0 amide bonds. The van der Waals surface area contributed by atoms with E-state index in [0.717, 1.165) is 6.26 Å². The lowest BCUT2D eigenvalue weighted by atomic mass is 10.2. The van der Waals surface area contributed by atoms with Gasteiger partial charge in [0.2, 0.25) is 0 Å². The van der Waals surface area contributed by atoms with Crippen LogP contribution in [-0.4, -0.2) is 29.7 Å². The Morgan fingerprint density at radius 1 is 1.17 bits per heavy atom. The molecule has 0 heterocycles. The number of hydrogen-bond donors (Lipinski definition) is 0. The van der Waals surface area contributed by atoms with Crippen molar-refractivity contribution in [3.63, 3.8) is 0 Å². The standard InChI is InChI=1S/C10H14O6S2/c1-3-15-18(13,14)8-9-5-4-6-10(7-9)16-17(2,11)12/h4-7H,3,8H2,1-2H3. The van der Waals surface area contributed by atoms with Gasteiger partial charge in [0.25, 0.3) is 10.1 Å². The number of hydrogen-bond acceptors (Lipinski definition) is 6. The summed E-state index contributed by atoms with van der Waals surface area (Å²) >= 11 is 0. The van der Waals surface area contributed by atoms with Gasteiger partial charge in [-0.3, -0.25) is 4.18 Å². The van der Waals surface area contributed by atoms with Crippen LogP contribution in [0.1, 0.15) is 12.5 Å². The molecule has 0 aliphatic carbocycles. The van der Waals surface area contributed by atoms with Crippen molar-refractivity contribution in [1.29, 1.82) is 0 Å². The molecule has 0 radical (unpaired) electrons. The third-order valence-electron chi connectivity index (χ3n) is 1.79. The van der Waals surface area contributed by atoms with Crippen molar-refractivity contribution in [3.8, 4) is 5.75 Å². The van der Waals surface area contributed by atoms with Crippen molar-refractivity contribution >= 4 is 20.2 Å². The first kappa shape index (κ1) is 14.9. The molecule has 0 N–H and O–H groups in total. The summed E-state index contributed by atoms with van der Waals surface area (Å²) in [5.41, 5.74) is 0.393. The second-order valence-electron chi connectivity index (χ2n) is 3.54. The van der Waals surface area contributed by atoms with Crippen molar-refractivity contribution in [2.45, 2.75) is 12.7 Å². The van der Waals surface area contributed by atoms with E-state index < -0.39 is 20.2 Å². The van der Waals surface area contributed by atoms with Gasteiger partial charge in [-0.15, -0.1) is 0 Å². The van der Waals surface area contributed by atoms with E-state index in [1.165, 1.54) is 18.2 Å². The summed E-state index contributed by atoms with van der Waals surface area (Å²) < 4.78 is 53.9. The molecule has 6 nitrogen and oxygen atoms in total. The lowest BCUT2D eigenvalue weighted by Gasteiger charge is -2.06. The molecule has 0 spiro atoms. The van der Waals surface area contributed by atoms with E-state index in [1.54, 1.807) is 13.0 Å². The maximum Gasteiger partial charge on any atom is 0.306 e. The van der Waals surface area contributed by atoms with Gasteiger partial charge in [-0.05, 0) is 24.6 Å². The smallest absolute Gasteiger partial charge is 0.306 e. The van der Waals surface area contributed by atoms with Crippen LogP contribution in [0.15, 0.2) is 24.3 Å². The molecule has 1 aromatic rings. The SMILES string of the molecule is CCOS(=O)(=O)Cc1cccc(OS(C)(=O)=O)c1. The summed E-state index contributed by atoms with van der Waals surface area (Å²) in [5, 5.41) is 0. The minimum atomic E-state index is -3.65. The Kier molecular flexibility index (Phi) is 4.71. The average molecular weight is 294 g/mol. The van der Waals surface area contributed by atoms with Crippen LogP contribution in [0, 0.1) is 0 Å². The quantitative estimate of drug-likeness (QED) is 0.724. The first-order valence-electron chi connectivity index (χ1n) is 5.07. The van der Waals surface area contributed by atoms with Crippen LogP contribution in [0.2, 0.25) is 0 Å². The normalized spacial score (nSPS) is 12.3. The summed E-state index contributed by atoms with van der Waals surface area (Å²) in [4.78, 5) is 0. The van der Waals surface area contributed by atoms with Gasteiger partial charge in [0.05, 0.1) is 12.9 Å². The van der Waals surface area contributed by atoms with Crippen molar-refractivity contribution in [2.24, 2.45) is 0 Å². The summed E-state index contributed by atoms with van der Waals surface area (Å²) in [6.45, 7) is 1.63. The zero-order chi connectivity index (χ0) is 13.8. The van der Waals surface area contributed by atoms with Crippen LogP contribution >= 0.6 is 0 Å². The highest BCUT2D eigenvalue weighted by molar-refractivity contribution is 7.86. The van der Waals surface area contributed by atoms with E-state index in [-0.39, 0.29) is 18.1 Å². The molecular weight excluding hydrogens is 280 g/mol. The number of rotatable bonds is 6. The lowest BCUT2D eigenvalue weighted by Crippen LogP contribution is -2.09. The Labute approximate surface area is 107 Å². The predicted molar refractivity (Wildman–Crippen MR) is 66.2 cm³/mol. The summed E-state index contributed by atoms with van der Waals surface area (Å²) in [6, 6.07) is 5.83. The Morgan fingerprint density at radius 2 is 1.83 bits per heavy atom. The molecule has 102 valence electrons. The van der Waals surface area contributed by atoms with E-state index in [0.29, 0.717) is 5.56 Å². The van der Waals surface area contributed by atoms with Gasteiger partial charge in [0.1, 0.15) is 11.5 Å². The Bertz CT molecular complexity index is 603. The molecule has 0 aromatic heterocycles. The van der Waals surface area contributed by atoms with Gasteiger partial charge < -0.3 is 4.18 Å². The largest absolute Gasteiger partial charge is 0.383 e. The molecule has 0 saturated heterocycles. The van der Waals surface area contributed by atoms with Gasteiger partial charge >= 0.3 is 10.1 Å². The van der Waals surface area contributed by atoms with Crippen molar-refractivity contribution in [2.75, 3.05) is 12.9 Å². The summed E-state index contributed by atoms with van der Waals surface area (Å²) in [6.07, 6.45) is 0.913. The van der Waals surface area contributed by atoms with Crippen LogP contribution in [0.25, 0.3) is 0 Å². The molecule has 0 atom stereocenters. The van der Waals surface area contributed by atoms with Crippen molar-refractivity contribution < 1.29 is 25.2 Å². The highest BCUT2D eigenvalue weighted by atomic mass is 32.2. The molecule has 0 saturated carbocycles. The second kappa shape index (κ2) is 5.68. The van der Waals surface area contributed by atoms with Crippen LogP contribution in [0.5, 0.6) is 5.75 Å². The van der Waals surface area contributed by atoms with Gasteiger partial charge in [-0.2, -0.15) is 16.8 Å². The monoisotopic (exact) mass is 294 g/mol. The molecule has 0 aliphatic heterocycles. The molecule has 0 aliphatic rings. The zero-order valence-electron chi connectivity index (χ0n) is 9.99. The van der Waals surface area contributed by atoms with Crippen LogP contribution in [0.4, 0.5) is 0 Å². The molecule has 0 unspecified atom stereocenters. The van der Waals surface area contributed by atoms with Gasteiger partial charge in [-0.1, -0.05) is 12.1 Å². The minimum absolute atomic E-state index is 0.0574. The maximum atomic E-state index is 11.4. The Morgan fingerprint density at radius 3 is 2.39 bits per heavy atom. The predicted octanol–water partition coefficient (Wildman–Crippen LogP) is 0.891. The summed E-state index contributed by atoms with van der Waals surface area (Å²) in [5.74, 6) is -0.261. The third-order valence-corrected chi connectivity index (χ3v) is 3.56. The highest BCUT2D eigenvalue weighted by Gasteiger charge is 2.13.